The first kappa shape index (κ1) is 26.1. The van der Waals surface area contributed by atoms with E-state index in [1.54, 1.807) is 19.2 Å². The van der Waals surface area contributed by atoms with Crippen LogP contribution in [0.15, 0.2) is 48.4 Å². The molecule has 2 aromatic rings. The predicted molar refractivity (Wildman–Crippen MR) is 137 cm³/mol. The van der Waals surface area contributed by atoms with Gasteiger partial charge in [-0.15, -0.1) is 0 Å². The summed E-state index contributed by atoms with van der Waals surface area (Å²) < 4.78 is 7.35. The summed E-state index contributed by atoms with van der Waals surface area (Å²) in [5.74, 6) is 0.237. The van der Waals surface area contributed by atoms with Crippen molar-refractivity contribution in [3.63, 3.8) is 0 Å². The second-order valence-corrected chi connectivity index (χ2v) is 9.13. The molecule has 1 aromatic heterocycles. The van der Waals surface area contributed by atoms with Gasteiger partial charge in [0, 0.05) is 41.7 Å². The molecule has 35 heavy (non-hydrogen) atoms. The fraction of sp³-hybridized carbons (Fsp3) is 0.444. The van der Waals surface area contributed by atoms with E-state index in [2.05, 4.69) is 43.7 Å². The quantitative estimate of drug-likeness (QED) is 0.394. The highest BCUT2D eigenvalue weighted by Gasteiger charge is 2.21. The molecule has 1 unspecified atom stereocenters. The first-order valence-electron chi connectivity index (χ1n) is 12.2. The number of carboxylic acids is 1. The van der Waals surface area contributed by atoms with Crippen LogP contribution in [0.4, 0.5) is 5.69 Å². The number of aryl methyl sites for hydroxylation is 1. The molecule has 0 bridgehead atoms. The fourth-order valence-corrected chi connectivity index (χ4v) is 4.14. The number of amides is 1. The number of nitrogens with one attached hydrogen (secondary N) is 2. The molecule has 0 spiro atoms. The van der Waals surface area contributed by atoms with Gasteiger partial charge in [-0.2, -0.15) is 5.10 Å². The Hall–Kier alpha value is -3.55. The summed E-state index contributed by atoms with van der Waals surface area (Å²) in [5.41, 5.74) is 4.81. The predicted octanol–water partition coefficient (Wildman–Crippen LogP) is 5.01. The lowest BCUT2D eigenvalue weighted by molar-refractivity contribution is -0.136. The SMILES string of the molecule is CCc1nn(C2=CC=C(OC)CC2)cc1C(CC(C)C)Nc1ccc(C(=O)NCCC(=O)O)cc1. The van der Waals surface area contributed by atoms with Gasteiger partial charge in [0.05, 0.1) is 31.0 Å². The lowest BCUT2D eigenvalue weighted by atomic mass is 9.96. The van der Waals surface area contributed by atoms with Crippen molar-refractivity contribution in [2.75, 3.05) is 19.0 Å². The van der Waals surface area contributed by atoms with E-state index in [-0.39, 0.29) is 24.9 Å². The summed E-state index contributed by atoms with van der Waals surface area (Å²) in [4.78, 5) is 22.9. The number of rotatable bonds is 12. The standard InChI is InChI=1S/C27H36N4O4/c1-5-24-23(17-31(30-24)21-10-12-22(35-4)13-11-21)25(16-18(2)3)29-20-8-6-19(7-9-20)27(34)28-15-14-26(32)33/h6-10,12,17-18,25,29H,5,11,13-16H2,1-4H3,(H,28,34)(H,32,33). The Morgan fingerprint density at radius 1 is 1.17 bits per heavy atom. The van der Waals surface area contributed by atoms with Gasteiger partial charge in [0.25, 0.3) is 5.91 Å². The van der Waals surface area contributed by atoms with E-state index in [0.29, 0.717) is 11.5 Å². The van der Waals surface area contributed by atoms with E-state index in [1.165, 1.54) is 5.56 Å². The number of benzene rings is 1. The van der Waals surface area contributed by atoms with E-state index in [9.17, 15) is 9.59 Å². The van der Waals surface area contributed by atoms with Crippen LogP contribution in [-0.2, 0) is 16.0 Å². The number of carbonyl (C=O) groups is 2. The highest BCUT2D eigenvalue weighted by Crippen LogP contribution is 2.31. The number of aliphatic carboxylic acids is 1. The lowest BCUT2D eigenvalue weighted by Crippen LogP contribution is -2.25. The summed E-state index contributed by atoms with van der Waals surface area (Å²) in [6.45, 7) is 6.64. The van der Waals surface area contributed by atoms with Crippen molar-refractivity contribution in [2.24, 2.45) is 5.92 Å². The molecule has 8 nitrogen and oxygen atoms in total. The molecule has 1 aliphatic rings. The number of hydrogen-bond acceptors (Lipinski definition) is 5. The molecule has 0 fully saturated rings. The number of ether oxygens (including phenoxy) is 1. The molecular weight excluding hydrogens is 444 g/mol. The van der Waals surface area contributed by atoms with Crippen molar-refractivity contribution in [3.05, 3.63) is 65.2 Å². The summed E-state index contributed by atoms with van der Waals surface area (Å²) in [5, 5.41) is 19.9. The van der Waals surface area contributed by atoms with Gasteiger partial charge in [-0.05, 0) is 61.6 Å². The first-order chi connectivity index (χ1) is 16.8. The highest BCUT2D eigenvalue weighted by atomic mass is 16.5. The maximum atomic E-state index is 12.3. The summed E-state index contributed by atoms with van der Waals surface area (Å²) in [7, 11) is 1.70. The molecule has 0 aliphatic heterocycles. The van der Waals surface area contributed by atoms with Crippen molar-refractivity contribution in [3.8, 4) is 0 Å². The molecular formula is C27H36N4O4. The molecule has 3 rings (SSSR count). The van der Waals surface area contributed by atoms with E-state index < -0.39 is 5.97 Å². The molecule has 1 atom stereocenters. The molecule has 1 heterocycles. The van der Waals surface area contributed by atoms with Crippen LogP contribution in [0.2, 0.25) is 0 Å². The number of aromatic nitrogens is 2. The number of hydrogen-bond donors (Lipinski definition) is 3. The van der Waals surface area contributed by atoms with Crippen LogP contribution in [0.5, 0.6) is 0 Å². The Kier molecular flexibility index (Phi) is 9.11. The number of allylic oxidation sites excluding steroid dienone is 4. The summed E-state index contributed by atoms with van der Waals surface area (Å²) >= 11 is 0. The fourth-order valence-electron chi connectivity index (χ4n) is 4.14. The Bertz CT molecular complexity index is 1080. The topological polar surface area (TPSA) is 105 Å². The minimum Gasteiger partial charge on any atom is -0.501 e. The van der Waals surface area contributed by atoms with E-state index in [1.807, 2.05) is 22.9 Å². The van der Waals surface area contributed by atoms with Gasteiger partial charge < -0.3 is 20.5 Å². The molecule has 0 saturated heterocycles. The zero-order chi connectivity index (χ0) is 25.4. The third kappa shape index (κ3) is 7.21. The van der Waals surface area contributed by atoms with Crippen LogP contribution in [-0.4, -0.2) is 40.4 Å². The summed E-state index contributed by atoms with van der Waals surface area (Å²) in [6.07, 6.45) is 9.63. The average molecular weight is 481 g/mol. The van der Waals surface area contributed by atoms with Crippen LogP contribution < -0.4 is 10.6 Å². The monoisotopic (exact) mass is 480 g/mol. The largest absolute Gasteiger partial charge is 0.501 e. The zero-order valence-electron chi connectivity index (χ0n) is 21.0. The lowest BCUT2D eigenvalue weighted by Gasteiger charge is -2.22. The molecule has 0 radical (unpaired) electrons. The van der Waals surface area contributed by atoms with E-state index in [4.69, 9.17) is 14.9 Å². The van der Waals surface area contributed by atoms with Crippen molar-refractivity contribution in [1.82, 2.24) is 15.1 Å². The first-order valence-corrected chi connectivity index (χ1v) is 12.2. The van der Waals surface area contributed by atoms with Crippen molar-refractivity contribution in [1.29, 1.82) is 0 Å². The molecule has 0 saturated carbocycles. The Labute approximate surface area is 207 Å². The number of anilines is 1. The normalized spacial score (nSPS) is 14.2. The maximum absolute atomic E-state index is 12.3. The minimum atomic E-state index is -0.938. The van der Waals surface area contributed by atoms with Gasteiger partial charge in [0.2, 0.25) is 0 Å². The Morgan fingerprint density at radius 3 is 2.49 bits per heavy atom. The second kappa shape index (κ2) is 12.2. The molecule has 188 valence electrons. The molecule has 1 amide bonds. The summed E-state index contributed by atoms with van der Waals surface area (Å²) in [6, 6.07) is 7.35. The molecule has 1 aliphatic carbocycles. The van der Waals surface area contributed by atoms with Crippen LogP contribution >= 0.6 is 0 Å². The Morgan fingerprint density at radius 2 is 1.91 bits per heavy atom. The van der Waals surface area contributed by atoms with Gasteiger partial charge in [0.15, 0.2) is 0 Å². The van der Waals surface area contributed by atoms with Gasteiger partial charge in [-0.3, -0.25) is 9.59 Å². The van der Waals surface area contributed by atoms with Crippen LogP contribution in [0.3, 0.4) is 0 Å². The van der Waals surface area contributed by atoms with Crippen LogP contribution in [0.1, 0.15) is 74.1 Å². The molecule has 3 N–H and O–H groups in total. The van der Waals surface area contributed by atoms with E-state index >= 15 is 0 Å². The maximum Gasteiger partial charge on any atom is 0.305 e. The van der Waals surface area contributed by atoms with Gasteiger partial charge in [-0.25, -0.2) is 4.68 Å². The highest BCUT2D eigenvalue weighted by molar-refractivity contribution is 5.94. The van der Waals surface area contributed by atoms with Crippen molar-refractivity contribution < 1.29 is 19.4 Å². The third-order valence-electron chi connectivity index (χ3n) is 6.00. The van der Waals surface area contributed by atoms with Gasteiger partial charge in [-0.1, -0.05) is 20.8 Å². The second-order valence-electron chi connectivity index (χ2n) is 9.13. The third-order valence-corrected chi connectivity index (χ3v) is 6.00. The Balaban J connectivity index is 1.78. The van der Waals surface area contributed by atoms with Gasteiger partial charge >= 0.3 is 5.97 Å². The smallest absolute Gasteiger partial charge is 0.305 e. The number of carbonyl (C=O) groups excluding carboxylic acids is 1. The number of nitrogens with zero attached hydrogens (tertiary/aromatic N) is 2. The zero-order valence-corrected chi connectivity index (χ0v) is 21.0. The minimum absolute atomic E-state index is 0.0724. The van der Waals surface area contributed by atoms with Crippen molar-refractivity contribution >= 4 is 23.3 Å². The average Bonchev–Trinajstić information content (AvgIpc) is 3.28. The number of methoxy groups -OCH3 is 1. The van der Waals surface area contributed by atoms with Gasteiger partial charge in [0.1, 0.15) is 0 Å². The molecule has 1 aromatic carbocycles. The molecule has 8 heteroatoms. The van der Waals surface area contributed by atoms with Crippen LogP contribution in [0, 0.1) is 5.92 Å². The number of carboxylic acid groups (broad SMARTS) is 1. The van der Waals surface area contributed by atoms with Crippen LogP contribution in [0.25, 0.3) is 5.70 Å². The van der Waals surface area contributed by atoms with E-state index in [0.717, 1.165) is 48.5 Å². The van der Waals surface area contributed by atoms with Crippen molar-refractivity contribution in [2.45, 2.75) is 58.9 Å².